The largest absolute Gasteiger partial charge is 0.379 e. The van der Waals surface area contributed by atoms with Crippen molar-refractivity contribution in [2.24, 2.45) is 0 Å². The highest BCUT2D eigenvalue weighted by atomic mass is 79.9. The third-order valence-corrected chi connectivity index (χ3v) is 4.31. The van der Waals surface area contributed by atoms with Crippen molar-refractivity contribution in [1.29, 1.82) is 5.26 Å². The van der Waals surface area contributed by atoms with E-state index in [-0.39, 0.29) is 0 Å². The van der Waals surface area contributed by atoms with Crippen LogP contribution in [0.2, 0.25) is 0 Å². The fourth-order valence-electron chi connectivity index (χ4n) is 1.30. The van der Waals surface area contributed by atoms with Gasteiger partial charge in [0.25, 0.3) is 0 Å². The minimum atomic E-state index is 0.468. The molecule has 1 aromatic carbocycles. The molecule has 1 aromatic rings. The average Bonchev–Trinajstić information content (AvgIpc) is 2.14. The van der Waals surface area contributed by atoms with Crippen LogP contribution in [0.25, 0.3) is 0 Å². The molecular weight excluding hydrogens is 274 g/mol. The Kier molecular flexibility index (Phi) is 3.68. The van der Waals surface area contributed by atoms with Crippen molar-refractivity contribution >= 4 is 27.7 Å². The lowest BCUT2D eigenvalue weighted by Gasteiger charge is -2.25. The molecule has 15 heavy (non-hydrogen) atoms. The van der Waals surface area contributed by atoms with Gasteiger partial charge < -0.3 is 4.74 Å². The third-order valence-electron chi connectivity index (χ3n) is 2.18. The molecule has 0 N–H and O–H groups in total. The number of hydrogen-bond acceptors (Lipinski definition) is 3. The molecule has 0 aliphatic carbocycles. The van der Waals surface area contributed by atoms with Crippen LogP contribution in [0.1, 0.15) is 5.56 Å². The summed E-state index contributed by atoms with van der Waals surface area (Å²) in [5.41, 5.74) is 1.05. The molecule has 2 rings (SSSR count). The third kappa shape index (κ3) is 2.75. The topological polar surface area (TPSA) is 33.0 Å². The van der Waals surface area contributed by atoms with Crippen LogP contribution in [0, 0.1) is 11.3 Å². The van der Waals surface area contributed by atoms with Gasteiger partial charge in [0.1, 0.15) is 0 Å². The van der Waals surface area contributed by atoms with E-state index in [9.17, 15) is 0 Å². The van der Waals surface area contributed by atoms with Gasteiger partial charge in [-0.1, -0.05) is 6.07 Å². The molecule has 1 aliphatic rings. The van der Waals surface area contributed by atoms with Crippen molar-refractivity contribution in [3.63, 3.8) is 0 Å². The number of hydrogen-bond donors (Lipinski definition) is 0. The second-order valence-electron chi connectivity index (χ2n) is 3.38. The lowest BCUT2D eigenvalue weighted by molar-refractivity contribution is 0.0455. The van der Waals surface area contributed by atoms with Gasteiger partial charge in [0, 0.05) is 9.37 Å². The van der Waals surface area contributed by atoms with E-state index in [0.717, 1.165) is 23.2 Å². The maximum absolute atomic E-state index is 8.59. The standard InChI is InChI=1S/C11H10BrNOS/c12-10-5-8(3-4-13)1-2-11(10)15-9-6-14-7-9/h1-2,5,9H,3,6-7H2. The summed E-state index contributed by atoms with van der Waals surface area (Å²) in [7, 11) is 0. The summed E-state index contributed by atoms with van der Waals surface area (Å²) in [5, 5.41) is 9.17. The first-order chi connectivity index (χ1) is 7.29. The van der Waals surface area contributed by atoms with Crippen LogP contribution in [-0.4, -0.2) is 18.5 Å². The van der Waals surface area contributed by atoms with Gasteiger partial charge in [-0.05, 0) is 33.6 Å². The van der Waals surface area contributed by atoms with Crippen molar-refractivity contribution in [3.8, 4) is 6.07 Å². The first-order valence-corrected chi connectivity index (χ1v) is 6.36. The molecule has 0 atom stereocenters. The molecule has 0 saturated carbocycles. The zero-order valence-electron chi connectivity index (χ0n) is 8.07. The molecule has 1 fully saturated rings. The fourth-order valence-corrected chi connectivity index (χ4v) is 3.02. The summed E-state index contributed by atoms with van der Waals surface area (Å²) in [6.07, 6.45) is 0.468. The Morgan fingerprint density at radius 1 is 1.53 bits per heavy atom. The molecule has 1 saturated heterocycles. The molecule has 1 heterocycles. The van der Waals surface area contributed by atoms with Gasteiger partial charge in [-0.2, -0.15) is 5.26 Å². The SMILES string of the molecule is N#CCc1ccc(SC2COC2)c(Br)c1. The molecular formula is C11H10BrNOS. The summed E-state index contributed by atoms with van der Waals surface area (Å²) in [6.45, 7) is 1.69. The smallest absolute Gasteiger partial charge is 0.0669 e. The Hall–Kier alpha value is -0.500. The number of thioether (sulfide) groups is 1. The van der Waals surface area contributed by atoms with Gasteiger partial charge in [0.2, 0.25) is 0 Å². The molecule has 0 radical (unpaired) electrons. The summed E-state index contributed by atoms with van der Waals surface area (Å²) in [5.74, 6) is 0. The van der Waals surface area contributed by atoms with Gasteiger partial charge in [-0.3, -0.25) is 0 Å². The molecule has 0 amide bonds. The number of nitriles is 1. The highest BCUT2D eigenvalue weighted by molar-refractivity contribution is 9.10. The molecule has 4 heteroatoms. The van der Waals surface area contributed by atoms with E-state index >= 15 is 0 Å². The van der Waals surface area contributed by atoms with E-state index in [1.54, 1.807) is 0 Å². The van der Waals surface area contributed by atoms with Crippen molar-refractivity contribution in [2.45, 2.75) is 16.6 Å². The van der Waals surface area contributed by atoms with Crippen molar-refractivity contribution in [1.82, 2.24) is 0 Å². The first kappa shape index (κ1) is 11.0. The highest BCUT2D eigenvalue weighted by Gasteiger charge is 2.20. The molecule has 0 aromatic heterocycles. The van der Waals surface area contributed by atoms with E-state index < -0.39 is 0 Å². The molecule has 78 valence electrons. The van der Waals surface area contributed by atoms with Gasteiger partial charge in [-0.15, -0.1) is 11.8 Å². The van der Waals surface area contributed by atoms with Gasteiger partial charge in [0.05, 0.1) is 31.0 Å². The minimum absolute atomic E-state index is 0.468. The average molecular weight is 284 g/mol. The van der Waals surface area contributed by atoms with E-state index in [2.05, 4.69) is 28.1 Å². The van der Waals surface area contributed by atoms with E-state index in [4.69, 9.17) is 10.00 Å². The Balaban J connectivity index is 2.08. The molecule has 0 spiro atoms. The predicted octanol–water partition coefficient (Wildman–Crippen LogP) is 3.01. The second kappa shape index (κ2) is 5.02. The minimum Gasteiger partial charge on any atom is -0.379 e. The van der Waals surface area contributed by atoms with Crippen LogP contribution in [0.4, 0.5) is 0 Å². The Morgan fingerprint density at radius 2 is 2.33 bits per heavy atom. The van der Waals surface area contributed by atoms with Crippen LogP contribution in [0.5, 0.6) is 0 Å². The van der Waals surface area contributed by atoms with Crippen molar-refractivity contribution in [2.75, 3.05) is 13.2 Å². The quantitative estimate of drug-likeness (QED) is 0.855. The molecule has 0 unspecified atom stereocenters. The summed E-state index contributed by atoms with van der Waals surface area (Å²) in [4.78, 5) is 1.23. The number of benzene rings is 1. The van der Waals surface area contributed by atoms with Gasteiger partial charge in [-0.25, -0.2) is 0 Å². The predicted molar refractivity (Wildman–Crippen MR) is 63.9 cm³/mol. The first-order valence-electron chi connectivity index (χ1n) is 4.69. The molecule has 1 aliphatic heterocycles. The monoisotopic (exact) mass is 283 g/mol. The Morgan fingerprint density at radius 3 is 2.87 bits per heavy atom. The van der Waals surface area contributed by atoms with Crippen LogP contribution in [0.15, 0.2) is 27.6 Å². The Bertz CT molecular complexity index is 398. The summed E-state index contributed by atoms with van der Waals surface area (Å²) < 4.78 is 6.21. The highest BCUT2D eigenvalue weighted by Crippen LogP contribution is 2.34. The molecule has 0 bridgehead atoms. The van der Waals surface area contributed by atoms with Crippen LogP contribution in [-0.2, 0) is 11.2 Å². The molecule has 2 nitrogen and oxygen atoms in total. The lowest BCUT2D eigenvalue weighted by atomic mass is 10.2. The van der Waals surface area contributed by atoms with E-state index in [0.29, 0.717) is 11.7 Å². The fraction of sp³-hybridized carbons (Fsp3) is 0.364. The zero-order chi connectivity index (χ0) is 10.7. The van der Waals surface area contributed by atoms with Crippen molar-refractivity contribution in [3.05, 3.63) is 28.2 Å². The summed E-state index contributed by atoms with van der Waals surface area (Å²) >= 11 is 5.36. The second-order valence-corrected chi connectivity index (χ2v) is 5.57. The van der Waals surface area contributed by atoms with Crippen LogP contribution < -0.4 is 0 Å². The maximum atomic E-state index is 8.59. The normalized spacial score (nSPS) is 15.7. The van der Waals surface area contributed by atoms with Crippen LogP contribution in [0.3, 0.4) is 0 Å². The Labute approximate surface area is 102 Å². The van der Waals surface area contributed by atoms with Gasteiger partial charge in [0.15, 0.2) is 0 Å². The van der Waals surface area contributed by atoms with Crippen molar-refractivity contribution < 1.29 is 4.74 Å². The van der Waals surface area contributed by atoms with E-state index in [1.807, 2.05) is 23.9 Å². The van der Waals surface area contributed by atoms with Crippen LogP contribution >= 0.6 is 27.7 Å². The van der Waals surface area contributed by atoms with Gasteiger partial charge >= 0.3 is 0 Å². The number of ether oxygens (including phenoxy) is 1. The summed E-state index contributed by atoms with van der Waals surface area (Å²) in [6, 6.07) is 8.24. The lowest BCUT2D eigenvalue weighted by Crippen LogP contribution is -2.30. The van der Waals surface area contributed by atoms with E-state index in [1.165, 1.54) is 4.90 Å². The number of nitrogens with zero attached hydrogens (tertiary/aromatic N) is 1. The zero-order valence-corrected chi connectivity index (χ0v) is 10.5. The number of rotatable bonds is 3. The number of halogens is 1. The maximum Gasteiger partial charge on any atom is 0.0669 e.